The van der Waals surface area contributed by atoms with Gasteiger partial charge in [0.1, 0.15) is 34.5 Å². The quantitative estimate of drug-likeness (QED) is 0.0773. The second-order valence-electron chi connectivity index (χ2n) is 12.8. The molecular formula is C44H48N2O4. The lowest BCUT2D eigenvalue weighted by Crippen LogP contribution is -2.32. The van der Waals surface area contributed by atoms with Crippen LogP contribution in [0.25, 0.3) is 0 Å². The minimum absolute atomic E-state index is 0.214. The van der Waals surface area contributed by atoms with Gasteiger partial charge in [0.05, 0.1) is 0 Å². The van der Waals surface area contributed by atoms with Gasteiger partial charge in [-0.25, -0.2) is 0 Å². The number of nitrogens with one attached hydrogen (secondary N) is 1. The molecule has 4 aromatic carbocycles. The Bertz CT molecular complexity index is 1830. The third-order valence-electron chi connectivity index (χ3n) is 8.60. The summed E-state index contributed by atoms with van der Waals surface area (Å²) in [5, 5.41) is 3.24. The van der Waals surface area contributed by atoms with Crippen molar-refractivity contribution in [3.63, 3.8) is 0 Å². The average molecular weight is 669 g/mol. The summed E-state index contributed by atoms with van der Waals surface area (Å²) in [6.45, 7) is 19.9. The fraction of sp³-hybridized carbons (Fsp3) is 0.227. The van der Waals surface area contributed by atoms with Gasteiger partial charge in [0.25, 0.3) is 0 Å². The molecule has 0 aromatic heterocycles. The number of allylic oxidation sites excluding steroid dienone is 5. The van der Waals surface area contributed by atoms with Crippen LogP contribution in [-0.2, 0) is 14.9 Å². The molecule has 6 nitrogen and oxygen atoms in total. The summed E-state index contributed by atoms with van der Waals surface area (Å²) in [6, 6.07) is 32.6. The molecule has 6 heteroatoms. The summed E-state index contributed by atoms with van der Waals surface area (Å²) in [4.78, 5) is 2.22. The molecule has 0 unspecified atom stereocenters. The van der Waals surface area contributed by atoms with E-state index in [0.29, 0.717) is 19.2 Å². The standard InChI is InChI=1S/C44H48N2O4/c1-8-10-12-43-33(5)29-46(31-48-43)37-19-27-41(28-20-37)50-39-23-15-35(16-24-39)44(6,7)34-13-21-38(22-14-34)49-40-25-17-36(18-26-40)45-30-47-42(11-9-2)32(3)4/h9-28,45H,2-3,8,29-31H2,1,4-7H3/b12-10-,42-11+. The number of hydrogen-bond donors (Lipinski definition) is 1. The van der Waals surface area contributed by atoms with Gasteiger partial charge in [0.15, 0.2) is 13.5 Å². The predicted molar refractivity (Wildman–Crippen MR) is 206 cm³/mol. The molecule has 0 aliphatic carbocycles. The van der Waals surface area contributed by atoms with Crippen LogP contribution in [0, 0.1) is 0 Å². The topological polar surface area (TPSA) is 52.2 Å². The molecule has 0 amide bonds. The Balaban J connectivity index is 1.13. The van der Waals surface area contributed by atoms with Crippen molar-refractivity contribution in [3.8, 4) is 23.0 Å². The first-order valence-corrected chi connectivity index (χ1v) is 17.0. The Kier molecular flexibility index (Phi) is 11.9. The molecule has 0 fully saturated rings. The van der Waals surface area contributed by atoms with E-state index in [1.165, 1.54) is 16.7 Å². The van der Waals surface area contributed by atoms with Crippen molar-refractivity contribution in [1.29, 1.82) is 0 Å². The highest BCUT2D eigenvalue weighted by Gasteiger charge is 2.23. The fourth-order valence-electron chi connectivity index (χ4n) is 5.56. The molecule has 0 saturated carbocycles. The number of benzene rings is 4. The van der Waals surface area contributed by atoms with Crippen LogP contribution >= 0.6 is 0 Å². The average Bonchev–Trinajstić information content (AvgIpc) is 3.12. The molecule has 1 N–H and O–H groups in total. The lowest BCUT2D eigenvalue weighted by atomic mass is 9.78. The zero-order valence-corrected chi connectivity index (χ0v) is 29.9. The van der Waals surface area contributed by atoms with E-state index in [2.05, 4.69) is 99.6 Å². The van der Waals surface area contributed by atoms with Gasteiger partial charge < -0.3 is 29.2 Å². The van der Waals surface area contributed by atoms with Crippen LogP contribution in [0.4, 0.5) is 11.4 Å². The Hall–Kier alpha value is -5.62. The maximum Gasteiger partial charge on any atom is 0.161 e. The van der Waals surface area contributed by atoms with Gasteiger partial charge >= 0.3 is 0 Å². The van der Waals surface area contributed by atoms with Crippen LogP contribution in [-0.4, -0.2) is 20.0 Å². The Morgan fingerprint density at radius 2 is 1.36 bits per heavy atom. The second kappa shape index (κ2) is 16.7. The first kappa shape index (κ1) is 35.7. The van der Waals surface area contributed by atoms with Crippen molar-refractivity contribution in [2.45, 2.75) is 46.5 Å². The van der Waals surface area contributed by atoms with Crippen molar-refractivity contribution in [1.82, 2.24) is 0 Å². The van der Waals surface area contributed by atoms with E-state index >= 15 is 0 Å². The third-order valence-corrected chi connectivity index (χ3v) is 8.60. The summed E-state index contributed by atoms with van der Waals surface area (Å²) in [7, 11) is 0. The van der Waals surface area contributed by atoms with Crippen LogP contribution in [0.1, 0.15) is 52.2 Å². The molecule has 258 valence electrons. The highest BCUT2D eigenvalue weighted by Crippen LogP contribution is 2.35. The maximum atomic E-state index is 6.20. The van der Waals surface area contributed by atoms with E-state index in [9.17, 15) is 0 Å². The van der Waals surface area contributed by atoms with Crippen molar-refractivity contribution in [3.05, 3.63) is 168 Å². The summed E-state index contributed by atoms with van der Waals surface area (Å²) in [5.74, 6) is 4.80. The molecule has 0 bridgehead atoms. The monoisotopic (exact) mass is 668 g/mol. The summed E-state index contributed by atoms with van der Waals surface area (Å²) >= 11 is 0. The van der Waals surface area contributed by atoms with Crippen molar-refractivity contribution in [2.24, 2.45) is 0 Å². The minimum atomic E-state index is -0.214. The highest BCUT2D eigenvalue weighted by molar-refractivity contribution is 5.52. The summed E-state index contributed by atoms with van der Waals surface area (Å²) in [6.07, 6.45) is 8.68. The molecule has 1 aliphatic heterocycles. The number of rotatable bonds is 15. The second-order valence-corrected chi connectivity index (χ2v) is 12.8. The number of ether oxygens (including phenoxy) is 4. The van der Waals surface area contributed by atoms with Gasteiger partial charge in [0.2, 0.25) is 0 Å². The lowest BCUT2D eigenvalue weighted by molar-refractivity contribution is 0.206. The molecule has 0 atom stereocenters. The van der Waals surface area contributed by atoms with E-state index in [1.54, 1.807) is 12.2 Å². The Labute approximate surface area is 297 Å². The molecule has 1 aliphatic rings. The minimum Gasteiger partial charge on any atom is -0.473 e. The number of hydrogen-bond acceptors (Lipinski definition) is 6. The van der Waals surface area contributed by atoms with Gasteiger partial charge in [-0.3, -0.25) is 0 Å². The van der Waals surface area contributed by atoms with Crippen LogP contribution < -0.4 is 19.7 Å². The SMILES string of the molecule is C=C/C=C(/OCNc1ccc(Oc2ccc(C(C)(C)c3ccc(Oc4ccc(N5COC(/C=C\CC)=C(C)C5)cc4)cc3)cc2)cc1)C(=C)C. The van der Waals surface area contributed by atoms with Gasteiger partial charge in [-0.1, -0.05) is 70.3 Å². The zero-order chi connectivity index (χ0) is 35.5. The van der Waals surface area contributed by atoms with Crippen molar-refractivity contribution >= 4 is 11.4 Å². The van der Waals surface area contributed by atoms with Crippen LogP contribution in [0.2, 0.25) is 0 Å². The highest BCUT2D eigenvalue weighted by atomic mass is 16.5. The molecule has 50 heavy (non-hydrogen) atoms. The van der Waals surface area contributed by atoms with E-state index in [1.807, 2.05) is 67.6 Å². The normalized spacial score (nSPS) is 13.5. The van der Waals surface area contributed by atoms with Crippen molar-refractivity contribution < 1.29 is 18.9 Å². The van der Waals surface area contributed by atoms with Crippen LogP contribution in [0.5, 0.6) is 23.0 Å². The van der Waals surface area contributed by atoms with E-state index in [-0.39, 0.29) is 5.41 Å². The molecule has 0 radical (unpaired) electrons. The maximum absolute atomic E-state index is 6.20. The van der Waals surface area contributed by atoms with Gasteiger partial charge in [-0.05, 0) is 127 Å². The molecule has 1 heterocycles. The van der Waals surface area contributed by atoms with Crippen LogP contribution in [0.3, 0.4) is 0 Å². The predicted octanol–water partition coefficient (Wildman–Crippen LogP) is 11.7. The zero-order valence-electron chi connectivity index (χ0n) is 29.9. The molecule has 4 aromatic rings. The number of anilines is 2. The van der Waals surface area contributed by atoms with Gasteiger partial charge in [0, 0.05) is 23.3 Å². The molecule has 0 saturated heterocycles. The first-order chi connectivity index (χ1) is 24.2. The number of nitrogens with zero attached hydrogens (tertiary/aromatic N) is 1. The largest absolute Gasteiger partial charge is 0.473 e. The van der Waals surface area contributed by atoms with E-state index in [4.69, 9.17) is 18.9 Å². The van der Waals surface area contributed by atoms with Crippen LogP contribution in [0.15, 0.2) is 157 Å². The van der Waals surface area contributed by atoms with Gasteiger partial charge in [-0.2, -0.15) is 0 Å². The van der Waals surface area contributed by atoms with E-state index in [0.717, 1.165) is 58.7 Å². The molecular weight excluding hydrogens is 620 g/mol. The Morgan fingerprint density at radius 3 is 1.84 bits per heavy atom. The van der Waals surface area contributed by atoms with E-state index < -0.39 is 0 Å². The smallest absolute Gasteiger partial charge is 0.161 e. The summed E-state index contributed by atoms with van der Waals surface area (Å²) < 4.78 is 24.1. The lowest BCUT2D eigenvalue weighted by Gasteiger charge is -2.31. The summed E-state index contributed by atoms with van der Waals surface area (Å²) in [5.41, 5.74) is 6.26. The Morgan fingerprint density at radius 1 is 0.840 bits per heavy atom. The van der Waals surface area contributed by atoms with Gasteiger partial charge in [-0.15, -0.1) is 0 Å². The molecule has 0 spiro atoms. The van der Waals surface area contributed by atoms with Crippen molar-refractivity contribution in [2.75, 3.05) is 30.2 Å². The fourth-order valence-corrected chi connectivity index (χ4v) is 5.56. The first-order valence-electron chi connectivity index (χ1n) is 17.0. The third kappa shape index (κ3) is 9.29. The molecule has 5 rings (SSSR count).